The predicted octanol–water partition coefficient (Wildman–Crippen LogP) is 3.98. The number of hydrogen-bond acceptors (Lipinski definition) is 8. The summed E-state index contributed by atoms with van der Waals surface area (Å²) in [7, 11) is 0. The van der Waals surface area contributed by atoms with Crippen LogP contribution in [0, 0.1) is 0 Å². The van der Waals surface area contributed by atoms with Gasteiger partial charge in [-0.15, -0.1) is 0 Å². The zero-order valence-electron chi connectivity index (χ0n) is 22.9. The second-order valence-electron chi connectivity index (χ2n) is 10.2. The lowest BCUT2D eigenvalue weighted by Gasteiger charge is -2.35. The Morgan fingerprint density at radius 1 is 1.14 bits per heavy atom. The Morgan fingerprint density at radius 3 is 2.67 bits per heavy atom. The number of halogens is 1. The van der Waals surface area contributed by atoms with Crippen molar-refractivity contribution in [2.75, 3.05) is 6.54 Å². The number of amides is 1. The average molecular weight is 617 g/mol. The standard InChI is InChI=1S/C31H25ClN4O6S/c1-2-31(42-25(37)11-12-33-30(43)35-27(38)17-7-9-20(32)10-8-17)22-14-24-26-19(13-18-5-3-4-6-23(18)34-26)15-36(24)28(39)21(22)16-41-29(31)40/h3-10,13-14H,2,11-12,15-16H2,1H3,(H2,33,35,38,43)/t31-/m0/s1. The summed E-state index contributed by atoms with van der Waals surface area (Å²) in [6.45, 7) is 1.83. The molecule has 2 aliphatic rings. The Bertz CT molecular complexity index is 1890. The van der Waals surface area contributed by atoms with Crippen LogP contribution in [0.4, 0.5) is 0 Å². The molecule has 0 spiro atoms. The molecule has 0 aliphatic carbocycles. The zero-order valence-corrected chi connectivity index (χ0v) is 24.5. The van der Waals surface area contributed by atoms with Crippen LogP contribution < -0.4 is 16.2 Å². The number of para-hydroxylation sites is 1. The van der Waals surface area contributed by atoms with Crippen LogP contribution in [0.5, 0.6) is 0 Å². The van der Waals surface area contributed by atoms with E-state index >= 15 is 0 Å². The van der Waals surface area contributed by atoms with Gasteiger partial charge >= 0.3 is 11.9 Å². The quantitative estimate of drug-likeness (QED) is 0.215. The molecular weight excluding hydrogens is 592 g/mol. The van der Waals surface area contributed by atoms with Crippen molar-refractivity contribution in [2.24, 2.45) is 0 Å². The maximum absolute atomic E-state index is 13.7. The Morgan fingerprint density at radius 2 is 1.91 bits per heavy atom. The summed E-state index contributed by atoms with van der Waals surface area (Å²) in [6.07, 6.45) is -0.129. The molecule has 0 unspecified atom stereocenters. The van der Waals surface area contributed by atoms with Gasteiger partial charge in [0.15, 0.2) is 5.11 Å². The van der Waals surface area contributed by atoms with Gasteiger partial charge in [-0.3, -0.25) is 19.7 Å². The number of benzene rings is 2. The average Bonchev–Trinajstić information content (AvgIpc) is 3.35. The normalized spacial score (nSPS) is 16.5. The first kappa shape index (κ1) is 28.5. The molecule has 6 rings (SSSR count). The summed E-state index contributed by atoms with van der Waals surface area (Å²) in [5.41, 5.74) is 1.67. The summed E-state index contributed by atoms with van der Waals surface area (Å²) >= 11 is 11.0. The molecule has 2 aliphatic heterocycles. The Balaban J connectivity index is 1.20. The first-order valence-electron chi connectivity index (χ1n) is 13.6. The van der Waals surface area contributed by atoms with Crippen LogP contribution in [-0.2, 0) is 37.8 Å². The summed E-state index contributed by atoms with van der Waals surface area (Å²) in [5, 5.41) is 6.78. The number of nitrogens with one attached hydrogen (secondary N) is 2. The van der Waals surface area contributed by atoms with Crippen molar-refractivity contribution in [1.29, 1.82) is 0 Å². The monoisotopic (exact) mass is 616 g/mol. The molecule has 0 saturated carbocycles. The number of pyridine rings is 2. The van der Waals surface area contributed by atoms with Crippen molar-refractivity contribution in [2.45, 2.75) is 38.5 Å². The Hall–Kier alpha value is -4.61. The van der Waals surface area contributed by atoms with Crippen LogP contribution in [0.1, 0.15) is 46.8 Å². The van der Waals surface area contributed by atoms with Crippen LogP contribution in [0.25, 0.3) is 22.3 Å². The van der Waals surface area contributed by atoms with Gasteiger partial charge in [-0.1, -0.05) is 36.7 Å². The number of carbonyl (C=O) groups excluding carboxylic acids is 3. The summed E-state index contributed by atoms with van der Waals surface area (Å²) in [4.78, 5) is 57.1. The molecule has 0 radical (unpaired) electrons. The van der Waals surface area contributed by atoms with Crippen LogP contribution in [-0.4, -0.2) is 39.1 Å². The van der Waals surface area contributed by atoms with Crippen LogP contribution >= 0.6 is 23.8 Å². The van der Waals surface area contributed by atoms with Crippen LogP contribution in [0.2, 0.25) is 5.02 Å². The number of esters is 2. The molecule has 218 valence electrons. The van der Waals surface area contributed by atoms with Crippen LogP contribution in [0.3, 0.4) is 0 Å². The highest BCUT2D eigenvalue weighted by Crippen LogP contribution is 2.41. The lowest BCUT2D eigenvalue weighted by atomic mass is 9.85. The van der Waals surface area contributed by atoms with Crippen molar-refractivity contribution in [3.8, 4) is 11.4 Å². The van der Waals surface area contributed by atoms with Crippen molar-refractivity contribution < 1.29 is 23.9 Å². The molecular formula is C31H25ClN4O6S. The molecule has 2 aromatic carbocycles. The zero-order chi connectivity index (χ0) is 30.3. The van der Waals surface area contributed by atoms with E-state index in [2.05, 4.69) is 10.6 Å². The lowest BCUT2D eigenvalue weighted by Crippen LogP contribution is -2.48. The Kier molecular flexibility index (Phi) is 7.45. The largest absolute Gasteiger partial charge is 0.457 e. The molecule has 10 nitrogen and oxygen atoms in total. The molecule has 0 bridgehead atoms. The van der Waals surface area contributed by atoms with E-state index in [-0.39, 0.29) is 42.2 Å². The molecule has 4 aromatic rings. The van der Waals surface area contributed by atoms with Crippen molar-refractivity contribution in [1.82, 2.24) is 20.2 Å². The number of fused-ring (bicyclic) bond motifs is 5. The van der Waals surface area contributed by atoms with E-state index in [0.717, 1.165) is 16.5 Å². The number of nitrogens with zero attached hydrogens (tertiary/aromatic N) is 2. The number of hydrogen-bond donors (Lipinski definition) is 2. The minimum absolute atomic E-state index is 0.0163. The van der Waals surface area contributed by atoms with E-state index < -0.39 is 23.4 Å². The highest BCUT2D eigenvalue weighted by Gasteiger charge is 2.50. The lowest BCUT2D eigenvalue weighted by molar-refractivity contribution is -0.189. The third-order valence-electron chi connectivity index (χ3n) is 7.62. The van der Waals surface area contributed by atoms with Gasteiger partial charge in [0.05, 0.1) is 35.4 Å². The van der Waals surface area contributed by atoms with Gasteiger partial charge in [0.1, 0.15) is 6.61 Å². The van der Waals surface area contributed by atoms with Gasteiger partial charge < -0.3 is 19.4 Å². The van der Waals surface area contributed by atoms with E-state index in [4.69, 9.17) is 38.3 Å². The van der Waals surface area contributed by atoms with Gasteiger partial charge in [-0.25, -0.2) is 9.78 Å². The second kappa shape index (κ2) is 11.2. The fourth-order valence-corrected chi connectivity index (χ4v) is 5.75. The fraction of sp³-hybridized carbons (Fsp3) is 0.226. The number of rotatable bonds is 6. The minimum atomic E-state index is -1.80. The topological polar surface area (TPSA) is 129 Å². The molecule has 4 heterocycles. The van der Waals surface area contributed by atoms with Gasteiger partial charge in [-0.05, 0) is 61.1 Å². The van der Waals surface area contributed by atoms with E-state index in [0.29, 0.717) is 34.1 Å². The van der Waals surface area contributed by atoms with Gasteiger partial charge in [0.2, 0.25) is 5.60 Å². The van der Waals surface area contributed by atoms with E-state index in [1.807, 2.05) is 30.3 Å². The Labute approximate surface area is 256 Å². The molecule has 2 N–H and O–H groups in total. The van der Waals surface area contributed by atoms with Gasteiger partial charge in [-0.2, -0.15) is 0 Å². The SMILES string of the molecule is CC[C@@]1(OC(=O)CCNC(=S)NC(=O)c2ccc(Cl)cc2)C(=O)OCc2c1cc1n(c2=O)Cc2cc3ccccc3nc2-1. The van der Waals surface area contributed by atoms with Crippen molar-refractivity contribution >= 4 is 57.7 Å². The number of cyclic esters (lactones) is 1. The van der Waals surface area contributed by atoms with E-state index in [1.54, 1.807) is 41.8 Å². The second-order valence-corrected chi connectivity index (χ2v) is 11.0. The van der Waals surface area contributed by atoms with E-state index in [1.165, 1.54) is 0 Å². The number of thiocarbonyl (C=S) groups is 1. The van der Waals surface area contributed by atoms with Gasteiger partial charge in [0, 0.05) is 33.6 Å². The molecule has 43 heavy (non-hydrogen) atoms. The van der Waals surface area contributed by atoms with Crippen molar-refractivity contribution in [3.05, 3.63) is 98.3 Å². The maximum atomic E-state index is 13.7. The maximum Gasteiger partial charge on any atom is 0.355 e. The predicted molar refractivity (Wildman–Crippen MR) is 163 cm³/mol. The van der Waals surface area contributed by atoms with Crippen LogP contribution in [0.15, 0.2) is 65.5 Å². The molecule has 1 amide bonds. The molecule has 0 saturated heterocycles. The van der Waals surface area contributed by atoms with Crippen molar-refractivity contribution in [3.63, 3.8) is 0 Å². The van der Waals surface area contributed by atoms with Gasteiger partial charge in [0.25, 0.3) is 11.5 Å². The smallest absolute Gasteiger partial charge is 0.355 e. The minimum Gasteiger partial charge on any atom is -0.457 e. The highest BCUT2D eigenvalue weighted by atomic mass is 35.5. The first-order chi connectivity index (χ1) is 20.7. The third-order valence-corrected chi connectivity index (χ3v) is 8.12. The highest BCUT2D eigenvalue weighted by molar-refractivity contribution is 7.80. The van der Waals surface area contributed by atoms with E-state index in [9.17, 15) is 19.2 Å². The molecule has 2 aromatic heterocycles. The molecule has 1 atom stereocenters. The summed E-state index contributed by atoms with van der Waals surface area (Å²) in [5.74, 6) is -1.90. The fourth-order valence-electron chi connectivity index (χ4n) is 5.43. The number of carbonyl (C=O) groups is 3. The number of ether oxygens (including phenoxy) is 2. The summed E-state index contributed by atoms with van der Waals surface area (Å²) < 4.78 is 12.8. The summed E-state index contributed by atoms with van der Waals surface area (Å²) in [6, 6.07) is 17.7. The third kappa shape index (κ3) is 5.15. The number of aromatic nitrogens is 2. The molecule has 0 fully saturated rings. The first-order valence-corrected chi connectivity index (χ1v) is 14.4. The molecule has 12 heteroatoms.